The fraction of sp³-hybridized carbons (Fsp3) is 1.00. The molecule has 0 aromatic carbocycles. The zero-order valence-corrected chi connectivity index (χ0v) is 52.5. The van der Waals surface area contributed by atoms with Gasteiger partial charge in [0, 0.05) is 52.4 Å². The topological polar surface area (TPSA) is 137 Å². The minimum atomic E-state index is -3.40. The second-order valence-electron chi connectivity index (χ2n) is 18.9. The van der Waals surface area contributed by atoms with Gasteiger partial charge in [-0.15, -0.1) is 0 Å². The van der Waals surface area contributed by atoms with Crippen molar-refractivity contribution in [2.24, 2.45) is 0 Å². The molecule has 0 radical (unpaired) electrons. The van der Waals surface area contributed by atoms with Gasteiger partial charge < -0.3 is 88.6 Å². The van der Waals surface area contributed by atoms with Crippen LogP contribution in [0.5, 0.6) is 0 Å². The van der Waals surface area contributed by atoms with Gasteiger partial charge in [-0.3, -0.25) is 0 Å². The third kappa shape index (κ3) is 37.2. The Bertz CT molecular complexity index is 804. The Morgan fingerprint density at radius 3 is 0.217 bits per heavy atom. The van der Waals surface area contributed by atoms with Crippen molar-refractivity contribution in [1.29, 1.82) is 0 Å². The van der Waals surface area contributed by atoms with Crippen LogP contribution in [0.1, 0.15) is 0 Å². The molecule has 6 rings (SSSR count). The summed E-state index contributed by atoms with van der Waals surface area (Å²) in [7, 11) is 20.8. The molecule has 368 valence electrons. The quantitative estimate of drug-likeness (QED) is 0.328. The SMILES string of the molecule is CN(C)C.CN(C)C.CN(C)C.CN(C)C.CN(C)C.CN(C)C.CN(C)C.CN(C)C.C[Si]12O[Si]3(C)O[Si]4(C)O[Si](C)(O1)O[Si]1(C)O[Si](C)(O2)O[Si](C)(O3)O[Si](C)(O4)O1. The maximum Gasteiger partial charge on any atom is 0.475 e. The van der Waals surface area contributed by atoms with E-state index in [1.807, 2.05) is 208 Å². The van der Waals surface area contributed by atoms with Crippen molar-refractivity contribution in [3.05, 3.63) is 0 Å². The van der Waals surface area contributed by atoms with Crippen LogP contribution >= 0.6 is 0 Å². The van der Waals surface area contributed by atoms with Crippen molar-refractivity contribution in [2.75, 3.05) is 169 Å². The maximum absolute atomic E-state index is 6.39. The molecule has 0 aromatic rings. The Kier molecular flexibility index (Phi) is 32.5. The molecule has 0 atom stereocenters. The monoisotopic (exact) mass is 1010 g/mol. The molecule has 0 saturated carbocycles. The predicted molar refractivity (Wildman–Crippen MR) is 263 cm³/mol. The molecule has 0 N–H and O–H groups in total. The Hall–Kier alpha value is 0.935. The van der Waals surface area contributed by atoms with Crippen molar-refractivity contribution in [3.63, 3.8) is 0 Å². The number of hydrogen-bond acceptors (Lipinski definition) is 20. The van der Waals surface area contributed by atoms with E-state index in [0.717, 1.165) is 0 Å². The molecule has 60 heavy (non-hydrogen) atoms. The van der Waals surface area contributed by atoms with Crippen LogP contribution in [0.15, 0.2) is 0 Å². The Balaban J connectivity index is -0.000000400. The van der Waals surface area contributed by atoms with Crippen molar-refractivity contribution in [2.45, 2.75) is 52.4 Å². The molecule has 0 amide bonds. The molecule has 28 heteroatoms. The summed E-state index contributed by atoms with van der Waals surface area (Å²) in [5.74, 6) is 0. The second-order valence-corrected chi connectivity index (χ2v) is 42.5. The lowest BCUT2D eigenvalue weighted by Gasteiger charge is -2.60. The highest BCUT2D eigenvalue weighted by molar-refractivity contribution is 7.02. The van der Waals surface area contributed by atoms with E-state index in [0.29, 0.717) is 0 Å². The zero-order valence-electron chi connectivity index (χ0n) is 44.5. The first-order chi connectivity index (χ1) is 26.3. The molecule has 6 fully saturated rings. The first-order valence-corrected chi connectivity index (χ1v) is 37.4. The van der Waals surface area contributed by atoms with Gasteiger partial charge in [-0.05, 0) is 169 Å². The normalized spacial score (nSPS) is 35.6. The zero-order chi connectivity index (χ0) is 49.1. The summed E-state index contributed by atoms with van der Waals surface area (Å²) in [6.45, 7) is 14.0. The summed E-state index contributed by atoms with van der Waals surface area (Å²) in [6, 6.07) is 0. The molecule has 0 aliphatic carbocycles. The van der Waals surface area contributed by atoms with Crippen molar-refractivity contribution in [3.8, 4) is 0 Å². The van der Waals surface area contributed by atoms with Gasteiger partial charge in [0.2, 0.25) is 0 Å². The van der Waals surface area contributed by atoms with Crippen molar-refractivity contribution < 1.29 is 49.4 Å². The summed E-state index contributed by atoms with van der Waals surface area (Å²) in [5.41, 5.74) is 0. The summed E-state index contributed by atoms with van der Waals surface area (Å²) in [4.78, 5) is 16.0. The largest absolute Gasteiger partial charge is 0.475 e. The van der Waals surface area contributed by atoms with Crippen LogP contribution in [0.3, 0.4) is 0 Å². The van der Waals surface area contributed by atoms with E-state index in [1.54, 1.807) is 52.4 Å². The molecule has 0 spiro atoms. The molecule has 6 heterocycles. The van der Waals surface area contributed by atoms with Gasteiger partial charge in [0.1, 0.15) is 0 Å². The molecular weight excluding hydrogens is 913 g/mol. The van der Waals surface area contributed by atoms with Crippen molar-refractivity contribution in [1.82, 2.24) is 39.2 Å². The minimum Gasteiger partial charge on any atom is -0.374 e. The van der Waals surface area contributed by atoms with E-state index >= 15 is 0 Å². The predicted octanol–water partition coefficient (Wildman–Crippen LogP) is 2.23. The van der Waals surface area contributed by atoms with Gasteiger partial charge in [0.25, 0.3) is 0 Å². The lowest BCUT2D eigenvalue weighted by Crippen LogP contribution is -2.86. The molecule has 6 aliphatic rings. The Morgan fingerprint density at radius 1 is 0.150 bits per heavy atom. The van der Waals surface area contributed by atoms with Crippen LogP contribution in [0, 0.1) is 0 Å². The third-order valence-electron chi connectivity index (χ3n) is 4.45. The van der Waals surface area contributed by atoms with Gasteiger partial charge >= 0.3 is 70.4 Å². The average Bonchev–Trinajstić information content (AvgIpc) is 2.79. The molecule has 0 unspecified atom stereocenters. The van der Waals surface area contributed by atoms with Crippen LogP contribution in [-0.4, -0.2) is 279 Å². The first-order valence-electron chi connectivity index (χ1n) is 19.6. The van der Waals surface area contributed by atoms with Crippen LogP contribution < -0.4 is 0 Å². The summed E-state index contributed by atoms with van der Waals surface area (Å²) >= 11 is 0. The average molecular weight is 1010 g/mol. The summed E-state index contributed by atoms with van der Waals surface area (Å²) < 4.78 is 76.7. The fourth-order valence-corrected chi connectivity index (χ4v) is 49.9. The van der Waals surface area contributed by atoms with Crippen LogP contribution in [0.2, 0.25) is 52.4 Å². The molecule has 6 aliphatic heterocycles. The molecular formula is C32H96N8O12Si8. The molecule has 20 nitrogen and oxygen atoms in total. The smallest absolute Gasteiger partial charge is 0.374 e. The van der Waals surface area contributed by atoms with Gasteiger partial charge in [-0.1, -0.05) is 0 Å². The summed E-state index contributed by atoms with van der Waals surface area (Å²) in [5, 5.41) is 0. The van der Waals surface area contributed by atoms with Crippen LogP contribution in [-0.2, 0) is 49.4 Å². The number of rotatable bonds is 0. The summed E-state index contributed by atoms with van der Waals surface area (Å²) in [6.07, 6.45) is 0. The first kappa shape index (κ1) is 67.5. The van der Waals surface area contributed by atoms with E-state index < -0.39 is 70.4 Å². The van der Waals surface area contributed by atoms with Crippen LogP contribution in [0.25, 0.3) is 0 Å². The Labute approximate surface area is 379 Å². The molecule has 6 saturated heterocycles. The lowest BCUT2D eigenvalue weighted by atomic mass is 11.0. The van der Waals surface area contributed by atoms with E-state index in [9.17, 15) is 0 Å². The molecule has 0 aromatic heterocycles. The maximum atomic E-state index is 6.39. The fourth-order valence-electron chi connectivity index (χ4n) is 4.54. The van der Waals surface area contributed by atoms with Crippen molar-refractivity contribution >= 4 is 70.4 Å². The van der Waals surface area contributed by atoms with Gasteiger partial charge in [0.05, 0.1) is 0 Å². The standard InChI is InChI=1S/C8H24O12Si8.8C3H9N/c1-21-9-22(2)12-25(5)14-23(3,10-21)16-27(7)17-24(4,11-21)15-26(6,13-22)19-28(8,18-25)20-27;8*1-4(2)3/h1-8H3;8*1-3H3. The van der Waals surface area contributed by atoms with E-state index in [1.165, 1.54) is 0 Å². The minimum absolute atomic E-state index is 1.75. The third-order valence-corrected chi connectivity index (χ3v) is 40.0. The second kappa shape index (κ2) is 28.9. The van der Waals surface area contributed by atoms with E-state index in [-0.39, 0.29) is 0 Å². The lowest BCUT2D eigenvalue weighted by molar-refractivity contribution is -0.0175. The van der Waals surface area contributed by atoms with E-state index in [4.69, 9.17) is 49.4 Å². The highest BCUT2D eigenvalue weighted by Crippen LogP contribution is 2.47. The van der Waals surface area contributed by atoms with E-state index in [2.05, 4.69) is 0 Å². The molecule has 8 bridgehead atoms. The van der Waals surface area contributed by atoms with Gasteiger partial charge in [-0.25, -0.2) is 0 Å². The van der Waals surface area contributed by atoms with Crippen LogP contribution in [0.4, 0.5) is 0 Å². The van der Waals surface area contributed by atoms with Gasteiger partial charge in [0.15, 0.2) is 0 Å². The van der Waals surface area contributed by atoms with Gasteiger partial charge in [-0.2, -0.15) is 0 Å². The number of hydrogen-bond donors (Lipinski definition) is 0. The number of nitrogens with zero attached hydrogens (tertiary/aromatic N) is 8. The highest BCUT2D eigenvalue weighted by Gasteiger charge is 2.78. The Morgan fingerprint density at radius 2 is 0.183 bits per heavy atom. The highest BCUT2D eigenvalue weighted by atomic mass is 28.6.